The molecule has 0 unspecified atom stereocenters. The molecule has 0 heterocycles. The molecule has 0 aromatic heterocycles. The van der Waals surface area contributed by atoms with Gasteiger partial charge in [-0.2, -0.15) is 0 Å². The van der Waals surface area contributed by atoms with E-state index in [0.717, 1.165) is 6.07 Å². The van der Waals surface area contributed by atoms with Crippen LogP contribution in [-0.2, 0) is 4.79 Å². The highest BCUT2D eigenvalue weighted by Gasteiger charge is 2.22. The molecule has 1 amide bonds. The van der Waals surface area contributed by atoms with Gasteiger partial charge in [-0.1, -0.05) is 18.2 Å². The Kier molecular flexibility index (Phi) is 5.26. The first-order valence-corrected chi connectivity index (χ1v) is 7.17. The average molecular weight is 328 g/mol. The normalized spacial score (nSPS) is 11.4. The number of nitro groups is 1. The van der Waals surface area contributed by atoms with E-state index >= 15 is 0 Å². The minimum atomic E-state index is -0.865. The molecule has 0 aliphatic rings. The standard InChI is InChI=1S/C17H16N2O5/c1-12(17(21)18(2)14-6-4-3-5-7-14)24-16-9-8-15(19(22)23)10-13(16)11-20/h3-12H,1-2H3/t12-/m0/s1. The van der Waals surface area contributed by atoms with E-state index in [1.807, 2.05) is 18.2 Å². The summed E-state index contributed by atoms with van der Waals surface area (Å²) in [6.45, 7) is 1.55. The highest BCUT2D eigenvalue weighted by atomic mass is 16.6. The summed E-state index contributed by atoms with van der Waals surface area (Å²) in [5, 5.41) is 10.7. The Morgan fingerprint density at radius 1 is 1.25 bits per heavy atom. The van der Waals surface area contributed by atoms with Gasteiger partial charge in [0.2, 0.25) is 0 Å². The number of rotatable bonds is 6. The molecule has 2 rings (SSSR count). The second-order valence-electron chi connectivity index (χ2n) is 5.09. The lowest BCUT2D eigenvalue weighted by Gasteiger charge is -2.22. The van der Waals surface area contributed by atoms with Gasteiger partial charge in [-0.25, -0.2) is 0 Å². The number of amides is 1. The van der Waals surface area contributed by atoms with Gasteiger partial charge in [0, 0.05) is 24.9 Å². The zero-order valence-electron chi connectivity index (χ0n) is 13.2. The van der Waals surface area contributed by atoms with E-state index in [0.29, 0.717) is 12.0 Å². The summed E-state index contributed by atoms with van der Waals surface area (Å²) in [5.74, 6) is -0.186. The largest absolute Gasteiger partial charge is 0.480 e. The number of nitro benzene ring substituents is 1. The van der Waals surface area contributed by atoms with Gasteiger partial charge >= 0.3 is 0 Å². The Balaban J connectivity index is 2.17. The summed E-state index contributed by atoms with van der Waals surface area (Å²) in [4.78, 5) is 35.1. The van der Waals surface area contributed by atoms with Crippen molar-refractivity contribution in [1.29, 1.82) is 0 Å². The number of ether oxygens (including phenoxy) is 1. The number of hydrogen-bond donors (Lipinski definition) is 0. The average Bonchev–Trinajstić information content (AvgIpc) is 2.61. The number of anilines is 1. The maximum Gasteiger partial charge on any atom is 0.270 e. The number of nitrogens with zero attached hydrogens (tertiary/aromatic N) is 2. The third kappa shape index (κ3) is 3.75. The molecular formula is C17H16N2O5. The lowest BCUT2D eigenvalue weighted by atomic mass is 10.2. The van der Waals surface area contributed by atoms with E-state index in [9.17, 15) is 19.7 Å². The first-order valence-electron chi connectivity index (χ1n) is 7.17. The van der Waals surface area contributed by atoms with Crippen LogP contribution >= 0.6 is 0 Å². The van der Waals surface area contributed by atoms with E-state index in [2.05, 4.69) is 0 Å². The number of hydrogen-bond acceptors (Lipinski definition) is 5. The van der Waals surface area contributed by atoms with E-state index in [-0.39, 0.29) is 22.9 Å². The predicted octanol–water partition coefficient (Wildman–Crippen LogP) is 2.84. The first kappa shape index (κ1) is 17.1. The Bertz CT molecular complexity index is 761. The van der Waals surface area contributed by atoms with Crippen LogP contribution < -0.4 is 9.64 Å². The summed E-state index contributed by atoms with van der Waals surface area (Å²) in [6.07, 6.45) is -0.407. The fourth-order valence-corrected chi connectivity index (χ4v) is 2.14. The number of benzene rings is 2. The van der Waals surface area contributed by atoms with E-state index in [4.69, 9.17) is 4.74 Å². The quantitative estimate of drug-likeness (QED) is 0.462. The smallest absolute Gasteiger partial charge is 0.270 e. The molecule has 2 aromatic rings. The summed E-state index contributed by atoms with van der Waals surface area (Å²) in [7, 11) is 1.62. The number of likely N-dealkylation sites (N-methyl/N-ethyl adjacent to an activating group) is 1. The highest BCUT2D eigenvalue weighted by molar-refractivity contribution is 5.96. The van der Waals surface area contributed by atoms with Crippen molar-refractivity contribution < 1.29 is 19.2 Å². The molecule has 7 nitrogen and oxygen atoms in total. The number of carbonyl (C=O) groups excluding carboxylic acids is 2. The van der Waals surface area contributed by atoms with Crippen molar-refractivity contribution in [2.75, 3.05) is 11.9 Å². The van der Waals surface area contributed by atoms with Gasteiger partial charge < -0.3 is 9.64 Å². The van der Waals surface area contributed by atoms with E-state index in [1.54, 1.807) is 26.1 Å². The second kappa shape index (κ2) is 7.36. The van der Waals surface area contributed by atoms with Crippen molar-refractivity contribution in [2.24, 2.45) is 0 Å². The molecule has 0 N–H and O–H groups in total. The van der Waals surface area contributed by atoms with Crippen molar-refractivity contribution in [3.8, 4) is 5.75 Å². The summed E-state index contributed by atoms with van der Waals surface area (Å²) >= 11 is 0. The molecule has 0 aliphatic heterocycles. The summed E-state index contributed by atoms with van der Waals surface area (Å²) in [6, 6.07) is 12.7. The van der Waals surface area contributed by atoms with Crippen molar-refractivity contribution in [3.05, 3.63) is 64.2 Å². The number of non-ortho nitro benzene ring substituents is 1. The van der Waals surface area contributed by atoms with E-state index < -0.39 is 11.0 Å². The second-order valence-corrected chi connectivity index (χ2v) is 5.09. The third-order valence-corrected chi connectivity index (χ3v) is 3.46. The topological polar surface area (TPSA) is 89.7 Å². The van der Waals surface area contributed by atoms with Gasteiger partial charge in [0.05, 0.1) is 10.5 Å². The molecule has 2 aromatic carbocycles. The van der Waals surface area contributed by atoms with Crippen LogP contribution in [0.2, 0.25) is 0 Å². The van der Waals surface area contributed by atoms with Crippen LogP contribution in [0.5, 0.6) is 5.75 Å². The molecule has 7 heteroatoms. The monoisotopic (exact) mass is 328 g/mol. The molecule has 24 heavy (non-hydrogen) atoms. The number of para-hydroxylation sites is 1. The lowest BCUT2D eigenvalue weighted by Crippen LogP contribution is -2.38. The predicted molar refractivity (Wildman–Crippen MR) is 88.4 cm³/mol. The van der Waals surface area contributed by atoms with Crippen LogP contribution in [0.15, 0.2) is 48.5 Å². The van der Waals surface area contributed by atoms with Crippen LogP contribution in [0.3, 0.4) is 0 Å². The number of carbonyl (C=O) groups is 2. The van der Waals surface area contributed by atoms with Gasteiger partial charge in [0.15, 0.2) is 12.4 Å². The molecular weight excluding hydrogens is 312 g/mol. The first-order chi connectivity index (χ1) is 11.4. The minimum Gasteiger partial charge on any atom is -0.480 e. The molecule has 0 spiro atoms. The van der Waals surface area contributed by atoms with Crippen LogP contribution in [0, 0.1) is 10.1 Å². The van der Waals surface area contributed by atoms with Crippen molar-refractivity contribution in [1.82, 2.24) is 0 Å². The molecule has 0 saturated carbocycles. The Morgan fingerprint density at radius 2 is 1.92 bits per heavy atom. The Hall–Kier alpha value is -3.22. The fourth-order valence-electron chi connectivity index (χ4n) is 2.14. The maximum absolute atomic E-state index is 12.4. The maximum atomic E-state index is 12.4. The number of aldehydes is 1. The van der Waals surface area contributed by atoms with Crippen molar-refractivity contribution in [3.63, 3.8) is 0 Å². The molecule has 0 bridgehead atoms. The zero-order valence-corrected chi connectivity index (χ0v) is 13.2. The lowest BCUT2D eigenvalue weighted by molar-refractivity contribution is -0.384. The van der Waals surface area contributed by atoms with Crippen LogP contribution in [-0.4, -0.2) is 30.3 Å². The fraction of sp³-hybridized carbons (Fsp3) is 0.176. The SMILES string of the molecule is C[C@H](Oc1ccc([N+](=O)[O-])cc1C=O)C(=O)N(C)c1ccccc1. The van der Waals surface area contributed by atoms with Gasteiger partial charge in [0.25, 0.3) is 11.6 Å². The summed E-state index contributed by atoms with van der Waals surface area (Å²) in [5.41, 5.74) is 0.508. The zero-order chi connectivity index (χ0) is 17.7. The minimum absolute atomic E-state index is 0.0196. The Morgan fingerprint density at radius 3 is 2.50 bits per heavy atom. The molecule has 0 radical (unpaired) electrons. The van der Waals surface area contributed by atoms with E-state index in [1.165, 1.54) is 17.0 Å². The molecule has 0 fully saturated rings. The van der Waals surface area contributed by atoms with Gasteiger partial charge in [0.1, 0.15) is 5.75 Å². The van der Waals surface area contributed by atoms with Crippen LogP contribution in [0.4, 0.5) is 11.4 Å². The molecule has 124 valence electrons. The van der Waals surface area contributed by atoms with Gasteiger partial charge in [-0.3, -0.25) is 19.7 Å². The third-order valence-electron chi connectivity index (χ3n) is 3.46. The molecule has 0 saturated heterocycles. The van der Waals surface area contributed by atoms with Crippen LogP contribution in [0.25, 0.3) is 0 Å². The summed E-state index contributed by atoms with van der Waals surface area (Å²) < 4.78 is 5.53. The van der Waals surface area contributed by atoms with Crippen molar-refractivity contribution >= 4 is 23.6 Å². The molecule has 1 atom stereocenters. The van der Waals surface area contributed by atoms with Crippen LogP contribution in [0.1, 0.15) is 17.3 Å². The molecule has 0 aliphatic carbocycles. The van der Waals surface area contributed by atoms with Crippen molar-refractivity contribution in [2.45, 2.75) is 13.0 Å². The van der Waals surface area contributed by atoms with Gasteiger partial charge in [-0.15, -0.1) is 0 Å². The van der Waals surface area contributed by atoms with Gasteiger partial charge in [-0.05, 0) is 25.1 Å². The Labute approximate surface area is 138 Å². The highest BCUT2D eigenvalue weighted by Crippen LogP contribution is 2.24.